The smallest absolute Gasteiger partial charge is 0.258 e. The van der Waals surface area contributed by atoms with Crippen LogP contribution >= 0.6 is 11.3 Å². The van der Waals surface area contributed by atoms with Crippen LogP contribution in [0.2, 0.25) is 0 Å². The van der Waals surface area contributed by atoms with Gasteiger partial charge in [0, 0.05) is 24.6 Å². The van der Waals surface area contributed by atoms with Crippen molar-refractivity contribution in [2.75, 3.05) is 19.7 Å². The van der Waals surface area contributed by atoms with E-state index in [1.54, 1.807) is 18.2 Å². The number of hydrogen-bond donors (Lipinski definition) is 0. The van der Waals surface area contributed by atoms with E-state index in [2.05, 4.69) is 10.2 Å². The van der Waals surface area contributed by atoms with Crippen molar-refractivity contribution in [1.29, 1.82) is 0 Å². The number of nitrogens with zero attached hydrogens (tertiary/aromatic N) is 3. The molecule has 0 N–H and O–H groups in total. The molecule has 0 saturated carbocycles. The fourth-order valence-corrected chi connectivity index (χ4v) is 5.41. The first-order chi connectivity index (χ1) is 16.2. The van der Waals surface area contributed by atoms with Crippen LogP contribution in [0.25, 0.3) is 21.3 Å². The summed E-state index contributed by atoms with van der Waals surface area (Å²) in [5.74, 6) is 0.353. The van der Waals surface area contributed by atoms with Crippen molar-refractivity contribution in [2.45, 2.75) is 25.7 Å². The van der Waals surface area contributed by atoms with Crippen LogP contribution in [0, 0.1) is 5.82 Å². The second kappa shape index (κ2) is 9.27. The van der Waals surface area contributed by atoms with Gasteiger partial charge in [-0.1, -0.05) is 53.8 Å². The molecule has 1 aliphatic heterocycles. The summed E-state index contributed by atoms with van der Waals surface area (Å²) in [5.41, 5.74) is 1.07. The zero-order chi connectivity index (χ0) is 22.8. The van der Waals surface area contributed by atoms with Crippen LogP contribution in [0.1, 0.15) is 41.0 Å². The van der Waals surface area contributed by atoms with Gasteiger partial charge < -0.3 is 9.64 Å². The molecular weight excluding hydrogens is 437 g/mol. The Bertz CT molecular complexity index is 1310. The van der Waals surface area contributed by atoms with E-state index in [-0.39, 0.29) is 17.6 Å². The number of hydrogen-bond acceptors (Lipinski definition) is 5. The number of aromatic nitrogens is 2. The van der Waals surface area contributed by atoms with Gasteiger partial charge in [0.1, 0.15) is 16.6 Å². The van der Waals surface area contributed by atoms with E-state index in [0.29, 0.717) is 41.6 Å². The normalized spacial score (nSPS) is 16.2. The number of ether oxygens (including phenoxy) is 1. The standard InChI is InChI=1S/C26H24FN3O2S/c1-2-32-22-14-13-17-8-3-4-10-19(17)23(22)26(31)30-15-7-9-18(16-30)24-28-29-25(33-24)20-11-5-6-12-21(20)27/h3-6,8,10-14,18H,2,7,9,15-16H2,1H3. The van der Waals surface area contributed by atoms with Gasteiger partial charge in [0.25, 0.3) is 5.91 Å². The summed E-state index contributed by atoms with van der Waals surface area (Å²) < 4.78 is 20.0. The van der Waals surface area contributed by atoms with Crippen LogP contribution in [0.4, 0.5) is 4.39 Å². The van der Waals surface area contributed by atoms with Crippen molar-refractivity contribution in [3.05, 3.63) is 77.1 Å². The molecule has 1 saturated heterocycles. The maximum atomic E-state index is 14.2. The lowest BCUT2D eigenvalue weighted by Crippen LogP contribution is -2.39. The van der Waals surface area contributed by atoms with Crippen molar-refractivity contribution in [3.63, 3.8) is 0 Å². The number of rotatable bonds is 5. The molecule has 2 heterocycles. The molecule has 0 radical (unpaired) electrons. The van der Waals surface area contributed by atoms with Gasteiger partial charge in [-0.15, -0.1) is 10.2 Å². The molecule has 1 unspecified atom stereocenters. The third-order valence-electron chi connectivity index (χ3n) is 6.01. The number of halogens is 1. The van der Waals surface area contributed by atoms with Gasteiger partial charge in [0.2, 0.25) is 0 Å². The van der Waals surface area contributed by atoms with Gasteiger partial charge in [-0.25, -0.2) is 4.39 Å². The molecule has 4 aromatic rings. The SMILES string of the molecule is CCOc1ccc2ccccc2c1C(=O)N1CCCC(c2nnc(-c3ccccc3F)s2)C1. The Kier molecular flexibility index (Phi) is 6.05. The van der Waals surface area contributed by atoms with Crippen molar-refractivity contribution in [3.8, 4) is 16.3 Å². The highest BCUT2D eigenvalue weighted by Crippen LogP contribution is 2.35. The highest BCUT2D eigenvalue weighted by atomic mass is 32.1. The molecule has 1 aromatic heterocycles. The van der Waals surface area contributed by atoms with Gasteiger partial charge in [0.05, 0.1) is 12.2 Å². The zero-order valence-corrected chi connectivity index (χ0v) is 19.1. The van der Waals surface area contributed by atoms with Gasteiger partial charge in [0.15, 0.2) is 5.01 Å². The Morgan fingerprint density at radius 1 is 1.12 bits per heavy atom. The number of likely N-dealkylation sites (tertiary alicyclic amines) is 1. The summed E-state index contributed by atoms with van der Waals surface area (Å²) in [6.07, 6.45) is 1.79. The van der Waals surface area contributed by atoms with Crippen LogP contribution in [0.5, 0.6) is 5.75 Å². The van der Waals surface area contributed by atoms with E-state index in [0.717, 1.165) is 28.6 Å². The minimum absolute atomic E-state index is 0.0289. The average Bonchev–Trinajstić information content (AvgIpc) is 3.34. The molecule has 1 atom stereocenters. The molecule has 1 fully saturated rings. The molecule has 3 aromatic carbocycles. The van der Waals surface area contributed by atoms with Gasteiger partial charge in [-0.05, 0) is 48.7 Å². The summed E-state index contributed by atoms with van der Waals surface area (Å²) in [5, 5.41) is 11.9. The molecule has 1 aliphatic rings. The molecule has 7 heteroatoms. The number of fused-ring (bicyclic) bond motifs is 1. The third kappa shape index (κ3) is 4.20. The van der Waals surface area contributed by atoms with Crippen molar-refractivity contribution in [1.82, 2.24) is 15.1 Å². The molecule has 0 aliphatic carbocycles. The summed E-state index contributed by atoms with van der Waals surface area (Å²) in [6.45, 7) is 3.65. The summed E-state index contributed by atoms with van der Waals surface area (Å²) in [6, 6.07) is 18.4. The molecule has 33 heavy (non-hydrogen) atoms. The maximum Gasteiger partial charge on any atom is 0.258 e. The van der Waals surface area contributed by atoms with Gasteiger partial charge >= 0.3 is 0 Å². The van der Waals surface area contributed by atoms with E-state index in [4.69, 9.17) is 4.74 Å². The highest BCUT2D eigenvalue weighted by Gasteiger charge is 2.30. The van der Waals surface area contributed by atoms with E-state index in [1.807, 2.05) is 48.2 Å². The third-order valence-corrected chi connectivity index (χ3v) is 7.13. The van der Waals surface area contributed by atoms with E-state index in [9.17, 15) is 9.18 Å². The van der Waals surface area contributed by atoms with E-state index >= 15 is 0 Å². The number of carbonyl (C=O) groups is 1. The summed E-state index contributed by atoms with van der Waals surface area (Å²) in [4.78, 5) is 15.6. The van der Waals surface area contributed by atoms with Crippen LogP contribution < -0.4 is 4.74 Å². The summed E-state index contributed by atoms with van der Waals surface area (Å²) in [7, 11) is 0. The molecule has 168 valence electrons. The second-order valence-electron chi connectivity index (χ2n) is 8.11. The molecule has 5 nitrogen and oxygen atoms in total. The number of piperidine rings is 1. The Balaban J connectivity index is 1.43. The summed E-state index contributed by atoms with van der Waals surface area (Å²) >= 11 is 1.41. The predicted octanol–water partition coefficient (Wildman–Crippen LogP) is 5.92. The van der Waals surface area contributed by atoms with Gasteiger partial charge in [-0.3, -0.25) is 4.79 Å². The average molecular weight is 462 g/mol. The lowest BCUT2D eigenvalue weighted by atomic mass is 9.96. The lowest BCUT2D eigenvalue weighted by molar-refractivity contribution is 0.0705. The number of carbonyl (C=O) groups excluding carboxylic acids is 1. The maximum absolute atomic E-state index is 14.2. The largest absolute Gasteiger partial charge is 0.493 e. The first-order valence-electron chi connectivity index (χ1n) is 11.2. The van der Waals surface area contributed by atoms with Crippen molar-refractivity contribution >= 4 is 28.0 Å². The monoisotopic (exact) mass is 461 g/mol. The predicted molar refractivity (Wildman–Crippen MR) is 128 cm³/mol. The first kappa shape index (κ1) is 21.5. The number of amides is 1. The van der Waals surface area contributed by atoms with Crippen molar-refractivity contribution in [2.24, 2.45) is 0 Å². The van der Waals surface area contributed by atoms with Crippen LogP contribution in [0.3, 0.4) is 0 Å². The Morgan fingerprint density at radius 2 is 1.94 bits per heavy atom. The fraction of sp³-hybridized carbons (Fsp3) is 0.269. The fourth-order valence-electron chi connectivity index (χ4n) is 4.41. The Morgan fingerprint density at radius 3 is 2.79 bits per heavy atom. The quantitative estimate of drug-likeness (QED) is 0.370. The minimum atomic E-state index is -0.306. The van der Waals surface area contributed by atoms with Crippen LogP contribution in [-0.2, 0) is 0 Å². The molecule has 1 amide bonds. The second-order valence-corrected chi connectivity index (χ2v) is 9.12. The Labute approximate surface area is 195 Å². The molecule has 0 bridgehead atoms. The first-order valence-corrected chi connectivity index (χ1v) is 12.0. The highest BCUT2D eigenvalue weighted by molar-refractivity contribution is 7.14. The topological polar surface area (TPSA) is 55.3 Å². The van der Waals surface area contributed by atoms with Crippen LogP contribution in [-0.4, -0.2) is 40.7 Å². The Hall–Kier alpha value is -3.32. The number of benzene rings is 3. The molecule has 5 rings (SSSR count). The zero-order valence-electron chi connectivity index (χ0n) is 18.3. The molecule has 0 spiro atoms. The molecular formula is C26H24FN3O2S. The van der Waals surface area contributed by atoms with E-state index < -0.39 is 0 Å². The van der Waals surface area contributed by atoms with E-state index in [1.165, 1.54) is 17.4 Å². The lowest BCUT2D eigenvalue weighted by Gasteiger charge is -2.32. The van der Waals surface area contributed by atoms with Crippen LogP contribution in [0.15, 0.2) is 60.7 Å². The van der Waals surface area contributed by atoms with Crippen molar-refractivity contribution < 1.29 is 13.9 Å². The van der Waals surface area contributed by atoms with Gasteiger partial charge in [-0.2, -0.15) is 0 Å². The minimum Gasteiger partial charge on any atom is -0.493 e.